The molecule has 2 aliphatic rings. The number of fused-ring (bicyclic) bond motifs is 1. The highest BCUT2D eigenvalue weighted by Crippen LogP contribution is 2.40. The molecule has 2 fully saturated rings. The van der Waals surface area contributed by atoms with Gasteiger partial charge in [0.25, 0.3) is 0 Å². The van der Waals surface area contributed by atoms with Gasteiger partial charge in [-0.2, -0.15) is 0 Å². The van der Waals surface area contributed by atoms with E-state index in [1.807, 2.05) is 4.90 Å². The molecule has 1 heterocycles. The topological polar surface area (TPSA) is 40.5 Å². The summed E-state index contributed by atoms with van der Waals surface area (Å²) in [5.41, 5.74) is 0.631. The second kappa shape index (κ2) is 5.72. The molecule has 0 aromatic heterocycles. The molecule has 0 spiro atoms. The summed E-state index contributed by atoms with van der Waals surface area (Å²) in [5.74, 6) is -2.14. The minimum absolute atomic E-state index is 0.257. The largest absolute Gasteiger partial charge is 0.480 e. The van der Waals surface area contributed by atoms with Crippen molar-refractivity contribution in [1.82, 2.24) is 4.90 Å². The molecule has 0 amide bonds. The molecule has 1 saturated heterocycles. The number of carboxylic acid groups (broad SMARTS) is 1. The van der Waals surface area contributed by atoms with Gasteiger partial charge in [0.05, 0.1) is 0 Å². The van der Waals surface area contributed by atoms with Gasteiger partial charge in [-0.1, -0.05) is 18.9 Å². The minimum atomic E-state index is -0.876. The van der Waals surface area contributed by atoms with Gasteiger partial charge in [-0.15, -0.1) is 0 Å². The van der Waals surface area contributed by atoms with E-state index in [1.54, 1.807) is 0 Å². The molecule has 1 N–H and O–H groups in total. The Balaban J connectivity index is 1.82. The third kappa shape index (κ3) is 2.79. The van der Waals surface area contributed by atoms with E-state index in [-0.39, 0.29) is 6.04 Å². The normalized spacial score (nSPS) is 29.3. The average molecular weight is 295 g/mol. The van der Waals surface area contributed by atoms with Gasteiger partial charge >= 0.3 is 5.97 Å². The highest BCUT2D eigenvalue weighted by atomic mass is 19.2. The Morgan fingerprint density at radius 1 is 1.24 bits per heavy atom. The van der Waals surface area contributed by atoms with Crippen LogP contribution in [-0.4, -0.2) is 28.1 Å². The molecule has 3 rings (SSSR count). The van der Waals surface area contributed by atoms with Gasteiger partial charge in [-0.25, -0.2) is 8.78 Å². The summed E-state index contributed by atoms with van der Waals surface area (Å²) in [4.78, 5) is 13.5. The van der Waals surface area contributed by atoms with Crippen molar-refractivity contribution in [2.24, 2.45) is 5.92 Å². The van der Waals surface area contributed by atoms with E-state index in [1.165, 1.54) is 12.1 Å². The van der Waals surface area contributed by atoms with Crippen LogP contribution in [-0.2, 0) is 11.3 Å². The molecule has 0 unspecified atom stereocenters. The van der Waals surface area contributed by atoms with Crippen LogP contribution in [0.2, 0.25) is 0 Å². The Morgan fingerprint density at radius 2 is 2.00 bits per heavy atom. The fraction of sp³-hybridized carbons (Fsp3) is 0.562. The van der Waals surface area contributed by atoms with Gasteiger partial charge in [0.15, 0.2) is 11.6 Å². The molecule has 5 heteroatoms. The lowest BCUT2D eigenvalue weighted by atomic mass is 9.84. The van der Waals surface area contributed by atoms with Gasteiger partial charge in [-0.3, -0.25) is 9.69 Å². The SMILES string of the molecule is O=C(O)[C@@H]1C[C@H]2CCCC[C@@H]2N1Cc1ccc(F)c(F)c1. The maximum atomic E-state index is 13.3. The number of carbonyl (C=O) groups is 1. The molecule has 21 heavy (non-hydrogen) atoms. The van der Waals surface area contributed by atoms with Crippen molar-refractivity contribution in [2.45, 2.75) is 50.7 Å². The summed E-state index contributed by atoms with van der Waals surface area (Å²) in [6.45, 7) is 0.370. The van der Waals surface area contributed by atoms with Crippen LogP contribution >= 0.6 is 0 Å². The first-order chi connectivity index (χ1) is 10.1. The zero-order valence-corrected chi connectivity index (χ0v) is 11.8. The molecule has 1 aliphatic heterocycles. The molecule has 3 atom stereocenters. The standard InChI is InChI=1S/C16H19F2NO2/c17-12-6-5-10(7-13(12)18)9-19-14-4-2-1-3-11(14)8-15(19)16(20)21/h5-7,11,14-15H,1-4,8-9H2,(H,20,21)/t11-,14+,15+/m1/s1. The van der Waals surface area contributed by atoms with E-state index in [2.05, 4.69) is 0 Å². The summed E-state index contributed by atoms with van der Waals surface area (Å²) in [5, 5.41) is 9.43. The summed E-state index contributed by atoms with van der Waals surface area (Å²) in [6, 6.07) is 3.56. The maximum absolute atomic E-state index is 13.3. The van der Waals surface area contributed by atoms with Gasteiger partial charge in [0, 0.05) is 12.6 Å². The van der Waals surface area contributed by atoms with Gasteiger partial charge in [0.2, 0.25) is 0 Å². The predicted octanol–water partition coefficient (Wildman–Crippen LogP) is 3.18. The van der Waals surface area contributed by atoms with E-state index >= 15 is 0 Å². The van der Waals surface area contributed by atoms with Crippen molar-refractivity contribution in [3.63, 3.8) is 0 Å². The molecule has 3 nitrogen and oxygen atoms in total. The maximum Gasteiger partial charge on any atom is 0.320 e. The molecular formula is C16H19F2NO2. The van der Waals surface area contributed by atoms with Crippen molar-refractivity contribution in [2.75, 3.05) is 0 Å². The van der Waals surface area contributed by atoms with Crippen LogP contribution in [0, 0.1) is 17.6 Å². The van der Waals surface area contributed by atoms with Crippen LogP contribution in [0.3, 0.4) is 0 Å². The molecule has 1 saturated carbocycles. The Morgan fingerprint density at radius 3 is 2.71 bits per heavy atom. The smallest absolute Gasteiger partial charge is 0.320 e. The second-order valence-corrected chi connectivity index (χ2v) is 6.12. The number of nitrogens with zero attached hydrogens (tertiary/aromatic N) is 1. The van der Waals surface area contributed by atoms with Crippen molar-refractivity contribution < 1.29 is 18.7 Å². The van der Waals surface area contributed by atoms with Gasteiger partial charge in [-0.05, 0) is 42.9 Å². The number of aliphatic carboxylic acids is 1. The first-order valence-electron chi connectivity index (χ1n) is 7.48. The number of halogens is 2. The van der Waals surface area contributed by atoms with Crippen LogP contribution in [0.5, 0.6) is 0 Å². The third-order valence-corrected chi connectivity index (χ3v) is 4.86. The first kappa shape index (κ1) is 14.4. The van der Waals surface area contributed by atoms with E-state index in [0.717, 1.165) is 31.7 Å². The van der Waals surface area contributed by atoms with Crippen LogP contribution < -0.4 is 0 Å². The summed E-state index contributed by atoms with van der Waals surface area (Å²) in [6.07, 6.45) is 5.01. The summed E-state index contributed by atoms with van der Waals surface area (Å²) in [7, 11) is 0. The molecule has 1 aliphatic carbocycles. The molecule has 0 bridgehead atoms. The highest BCUT2D eigenvalue weighted by Gasteiger charge is 2.44. The third-order valence-electron chi connectivity index (χ3n) is 4.86. The lowest BCUT2D eigenvalue weighted by molar-refractivity contribution is -0.142. The highest BCUT2D eigenvalue weighted by molar-refractivity contribution is 5.74. The number of benzene rings is 1. The predicted molar refractivity (Wildman–Crippen MR) is 73.7 cm³/mol. The zero-order chi connectivity index (χ0) is 15.0. The summed E-state index contributed by atoms with van der Waals surface area (Å²) >= 11 is 0. The fourth-order valence-electron chi connectivity index (χ4n) is 3.87. The zero-order valence-electron chi connectivity index (χ0n) is 11.8. The Hall–Kier alpha value is -1.49. The van der Waals surface area contributed by atoms with Crippen molar-refractivity contribution in [3.8, 4) is 0 Å². The number of hydrogen-bond acceptors (Lipinski definition) is 2. The van der Waals surface area contributed by atoms with Gasteiger partial charge < -0.3 is 5.11 Å². The number of likely N-dealkylation sites (tertiary alicyclic amines) is 1. The Bertz CT molecular complexity index is 549. The summed E-state index contributed by atoms with van der Waals surface area (Å²) < 4.78 is 26.3. The molecule has 1 aromatic carbocycles. The Kier molecular flexibility index (Phi) is 3.93. The monoisotopic (exact) mass is 295 g/mol. The quantitative estimate of drug-likeness (QED) is 0.931. The first-order valence-corrected chi connectivity index (χ1v) is 7.48. The molecule has 0 radical (unpaired) electrons. The van der Waals surface area contributed by atoms with Gasteiger partial charge in [0.1, 0.15) is 6.04 Å². The number of hydrogen-bond donors (Lipinski definition) is 1. The van der Waals surface area contributed by atoms with Crippen LogP contribution in [0.1, 0.15) is 37.7 Å². The minimum Gasteiger partial charge on any atom is -0.480 e. The van der Waals surface area contributed by atoms with Crippen LogP contribution in [0.25, 0.3) is 0 Å². The fourth-order valence-corrected chi connectivity index (χ4v) is 3.87. The van der Waals surface area contributed by atoms with Crippen molar-refractivity contribution in [1.29, 1.82) is 0 Å². The lowest BCUT2D eigenvalue weighted by Gasteiger charge is -2.33. The second-order valence-electron chi connectivity index (χ2n) is 6.12. The average Bonchev–Trinajstić information content (AvgIpc) is 2.82. The van der Waals surface area contributed by atoms with E-state index in [9.17, 15) is 18.7 Å². The van der Waals surface area contributed by atoms with E-state index in [0.29, 0.717) is 24.4 Å². The molecule has 1 aromatic rings. The van der Waals surface area contributed by atoms with Crippen molar-refractivity contribution in [3.05, 3.63) is 35.4 Å². The van der Waals surface area contributed by atoms with Crippen LogP contribution in [0.15, 0.2) is 18.2 Å². The van der Waals surface area contributed by atoms with Crippen LogP contribution in [0.4, 0.5) is 8.78 Å². The van der Waals surface area contributed by atoms with E-state index < -0.39 is 23.6 Å². The number of carboxylic acids is 1. The lowest BCUT2D eigenvalue weighted by Crippen LogP contribution is -2.41. The van der Waals surface area contributed by atoms with Crippen molar-refractivity contribution >= 4 is 5.97 Å². The molecule has 114 valence electrons. The Labute approximate surface area is 122 Å². The molecular weight excluding hydrogens is 276 g/mol. The van der Waals surface area contributed by atoms with E-state index in [4.69, 9.17) is 0 Å². The number of rotatable bonds is 3.